The second-order valence-electron chi connectivity index (χ2n) is 5.72. The molecule has 3 heterocycles. The van der Waals surface area contributed by atoms with Crippen molar-refractivity contribution in [3.05, 3.63) is 35.1 Å². The van der Waals surface area contributed by atoms with Crippen molar-refractivity contribution in [2.45, 2.75) is 13.3 Å². The molecule has 23 heavy (non-hydrogen) atoms. The summed E-state index contributed by atoms with van der Waals surface area (Å²) in [6, 6.07) is 6.28. The third-order valence-corrected chi connectivity index (χ3v) is 4.82. The van der Waals surface area contributed by atoms with Crippen LogP contribution in [-0.4, -0.2) is 60.8 Å². The predicted octanol–water partition coefficient (Wildman–Crippen LogP) is 1.98. The van der Waals surface area contributed by atoms with Gasteiger partial charge in [-0.2, -0.15) is 0 Å². The normalized spacial score (nSPS) is 15.9. The van der Waals surface area contributed by atoms with Crippen LogP contribution in [0.25, 0.3) is 10.6 Å². The van der Waals surface area contributed by atoms with Crippen LogP contribution in [0, 0.1) is 6.92 Å². The highest BCUT2D eigenvalue weighted by molar-refractivity contribution is 7.13. The number of hydrogen-bond acceptors (Lipinski definition) is 6. The monoisotopic (exact) mass is 332 g/mol. The minimum Gasteiger partial charge on any atom is -0.379 e. The molecule has 124 valence electrons. The molecule has 0 saturated carbocycles. The fraction of sp³-hybridized carbons (Fsp3) is 0.529. The van der Waals surface area contributed by atoms with E-state index in [4.69, 9.17) is 4.74 Å². The highest BCUT2D eigenvalue weighted by Crippen LogP contribution is 2.23. The van der Waals surface area contributed by atoms with E-state index in [9.17, 15) is 0 Å². The number of ether oxygens (including phenoxy) is 1. The second kappa shape index (κ2) is 8.49. The molecule has 0 bridgehead atoms. The van der Waals surface area contributed by atoms with E-state index in [-0.39, 0.29) is 0 Å². The molecule has 1 fully saturated rings. The average molecular weight is 332 g/mol. The smallest absolute Gasteiger partial charge is 0.126 e. The zero-order valence-electron chi connectivity index (χ0n) is 13.6. The van der Waals surface area contributed by atoms with Crippen molar-refractivity contribution in [1.82, 2.24) is 20.2 Å². The van der Waals surface area contributed by atoms with Crippen molar-refractivity contribution in [2.24, 2.45) is 0 Å². The molecule has 2 aromatic rings. The highest BCUT2D eigenvalue weighted by Gasteiger charge is 2.09. The Balaban J connectivity index is 1.44. The average Bonchev–Trinajstić information content (AvgIpc) is 3.10. The van der Waals surface area contributed by atoms with E-state index in [1.807, 2.05) is 6.92 Å². The third-order valence-electron chi connectivity index (χ3n) is 3.93. The van der Waals surface area contributed by atoms with Gasteiger partial charge in [0.15, 0.2) is 0 Å². The van der Waals surface area contributed by atoms with Gasteiger partial charge in [0.25, 0.3) is 0 Å². The number of rotatable bonds is 7. The van der Waals surface area contributed by atoms with E-state index in [2.05, 4.69) is 43.8 Å². The molecule has 0 aromatic carbocycles. The maximum atomic E-state index is 5.36. The summed E-state index contributed by atoms with van der Waals surface area (Å²) in [7, 11) is 0. The quantitative estimate of drug-likeness (QED) is 0.786. The molecule has 1 saturated heterocycles. The van der Waals surface area contributed by atoms with Crippen LogP contribution in [-0.2, 0) is 11.2 Å². The second-order valence-corrected chi connectivity index (χ2v) is 6.67. The van der Waals surface area contributed by atoms with E-state index >= 15 is 0 Å². The van der Waals surface area contributed by atoms with E-state index in [0.29, 0.717) is 0 Å². The molecule has 1 aliphatic rings. The standard InChI is InChI=1S/C17H24N4OS/c1-14-19-15(13-16(20-14)17-3-2-12-23-17)4-5-18-6-7-21-8-10-22-11-9-21/h2-3,12-13,18H,4-11H2,1H3. The molecule has 5 nitrogen and oxygen atoms in total. The molecule has 3 rings (SSSR count). The Morgan fingerprint density at radius 3 is 2.91 bits per heavy atom. The van der Waals surface area contributed by atoms with Gasteiger partial charge < -0.3 is 10.1 Å². The van der Waals surface area contributed by atoms with Gasteiger partial charge in [0.1, 0.15) is 5.82 Å². The van der Waals surface area contributed by atoms with E-state index in [1.54, 1.807) is 11.3 Å². The number of aromatic nitrogens is 2. The first-order valence-electron chi connectivity index (χ1n) is 8.20. The summed E-state index contributed by atoms with van der Waals surface area (Å²) in [5, 5.41) is 5.60. The minimum absolute atomic E-state index is 0.846. The maximum Gasteiger partial charge on any atom is 0.126 e. The van der Waals surface area contributed by atoms with Gasteiger partial charge >= 0.3 is 0 Å². The first kappa shape index (κ1) is 16.5. The molecule has 0 amide bonds. The summed E-state index contributed by atoms with van der Waals surface area (Å²) in [6.45, 7) is 8.86. The summed E-state index contributed by atoms with van der Waals surface area (Å²) in [4.78, 5) is 12.8. The van der Waals surface area contributed by atoms with Gasteiger partial charge in [-0.05, 0) is 24.4 Å². The molecule has 2 aromatic heterocycles. The number of thiophene rings is 1. The van der Waals surface area contributed by atoms with Crippen LogP contribution in [0.5, 0.6) is 0 Å². The zero-order chi connectivity index (χ0) is 15.9. The van der Waals surface area contributed by atoms with Crippen molar-refractivity contribution in [3.63, 3.8) is 0 Å². The van der Waals surface area contributed by atoms with Crippen LogP contribution in [0.1, 0.15) is 11.5 Å². The van der Waals surface area contributed by atoms with Crippen molar-refractivity contribution < 1.29 is 4.74 Å². The Labute approximate surface area is 141 Å². The number of hydrogen-bond donors (Lipinski definition) is 1. The molecule has 0 atom stereocenters. The SMILES string of the molecule is Cc1nc(CCNCCN2CCOCC2)cc(-c2cccs2)n1. The summed E-state index contributed by atoms with van der Waals surface area (Å²) < 4.78 is 5.36. The van der Waals surface area contributed by atoms with Crippen LogP contribution in [0.3, 0.4) is 0 Å². The number of nitrogens with zero attached hydrogens (tertiary/aromatic N) is 3. The first-order valence-corrected chi connectivity index (χ1v) is 9.08. The molecule has 1 aliphatic heterocycles. The van der Waals surface area contributed by atoms with Crippen molar-refractivity contribution in [1.29, 1.82) is 0 Å². The van der Waals surface area contributed by atoms with Gasteiger partial charge in [-0.1, -0.05) is 6.07 Å². The molecule has 6 heteroatoms. The molecule has 0 spiro atoms. The van der Waals surface area contributed by atoms with Crippen LogP contribution in [0.2, 0.25) is 0 Å². The first-order chi connectivity index (χ1) is 11.3. The molecular formula is C17H24N4OS. The third kappa shape index (κ3) is 5.07. The number of morpholine rings is 1. The Bertz CT molecular complexity index is 597. The zero-order valence-corrected chi connectivity index (χ0v) is 14.4. The predicted molar refractivity (Wildman–Crippen MR) is 93.9 cm³/mol. The minimum atomic E-state index is 0.846. The van der Waals surface area contributed by atoms with Gasteiger partial charge in [0.2, 0.25) is 0 Å². The van der Waals surface area contributed by atoms with Crippen molar-refractivity contribution in [2.75, 3.05) is 45.9 Å². The lowest BCUT2D eigenvalue weighted by Crippen LogP contribution is -2.40. The summed E-state index contributed by atoms with van der Waals surface area (Å²) in [5.74, 6) is 0.846. The van der Waals surface area contributed by atoms with Gasteiger partial charge in [0.05, 0.1) is 23.8 Å². The van der Waals surface area contributed by atoms with Gasteiger partial charge in [0, 0.05) is 44.8 Å². The van der Waals surface area contributed by atoms with Gasteiger partial charge in [-0.3, -0.25) is 4.90 Å². The Morgan fingerprint density at radius 1 is 1.26 bits per heavy atom. The van der Waals surface area contributed by atoms with Gasteiger partial charge in [-0.15, -0.1) is 11.3 Å². The molecule has 0 unspecified atom stereocenters. The maximum absolute atomic E-state index is 5.36. The highest BCUT2D eigenvalue weighted by atomic mass is 32.1. The summed E-state index contributed by atoms with van der Waals surface area (Å²) in [6.07, 6.45) is 0.935. The summed E-state index contributed by atoms with van der Waals surface area (Å²) >= 11 is 1.72. The van der Waals surface area contributed by atoms with Crippen molar-refractivity contribution in [3.8, 4) is 10.6 Å². The van der Waals surface area contributed by atoms with Crippen LogP contribution < -0.4 is 5.32 Å². The Morgan fingerprint density at radius 2 is 2.13 bits per heavy atom. The Hall–Kier alpha value is -1.34. The molecule has 0 radical (unpaired) electrons. The Kier molecular flexibility index (Phi) is 6.10. The van der Waals surface area contributed by atoms with Crippen LogP contribution >= 0.6 is 11.3 Å². The lowest BCUT2D eigenvalue weighted by atomic mass is 10.2. The fourth-order valence-corrected chi connectivity index (χ4v) is 3.40. The number of nitrogens with one attached hydrogen (secondary N) is 1. The van der Waals surface area contributed by atoms with Crippen LogP contribution in [0.15, 0.2) is 23.6 Å². The van der Waals surface area contributed by atoms with E-state index in [0.717, 1.165) is 69.6 Å². The van der Waals surface area contributed by atoms with E-state index < -0.39 is 0 Å². The van der Waals surface area contributed by atoms with E-state index in [1.165, 1.54) is 4.88 Å². The molecular weight excluding hydrogens is 308 g/mol. The molecule has 1 N–H and O–H groups in total. The lowest BCUT2D eigenvalue weighted by Gasteiger charge is -2.26. The largest absolute Gasteiger partial charge is 0.379 e. The molecule has 0 aliphatic carbocycles. The topological polar surface area (TPSA) is 50.3 Å². The number of aryl methyl sites for hydroxylation is 1. The summed E-state index contributed by atoms with van der Waals surface area (Å²) in [5.41, 5.74) is 2.15. The van der Waals surface area contributed by atoms with Crippen molar-refractivity contribution >= 4 is 11.3 Å². The fourth-order valence-electron chi connectivity index (χ4n) is 2.71. The van der Waals surface area contributed by atoms with Crippen LogP contribution in [0.4, 0.5) is 0 Å². The lowest BCUT2D eigenvalue weighted by molar-refractivity contribution is 0.0385. The van der Waals surface area contributed by atoms with Gasteiger partial charge in [-0.25, -0.2) is 9.97 Å².